The van der Waals surface area contributed by atoms with Crippen molar-refractivity contribution in [2.75, 3.05) is 20.2 Å². The number of esters is 1. The molecule has 1 aliphatic rings. The standard InChI is InChI=1S/C11H17F3N2O3/c1-3-8(10(18)19-2)15-7-4-9(17)16(5-7)6-11(12,13)14/h7-8,15H,3-6H2,1-2H3/t7-,8+/m0/s1. The number of ether oxygens (including phenoxy) is 1. The van der Waals surface area contributed by atoms with E-state index in [-0.39, 0.29) is 13.0 Å². The summed E-state index contributed by atoms with van der Waals surface area (Å²) < 4.78 is 41.3. The van der Waals surface area contributed by atoms with Crippen LogP contribution in [0.3, 0.4) is 0 Å². The molecule has 1 heterocycles. The van der Waals surface area contributed by atoms with Gasteiger partial charge in [-0.3, -0.25) is 14.9 Å². The molecule has 0 aromatic carbocycles. The minimum absolute atomic E-state index is 0.0381. The first-order valence-electron chi connectivity index (χ1n) is 5.95. The first-order chi connectivity index (χ1) is 8.76. The van der Waals surface area contributed by atoms with Crippen LogP contribution in [0, 0.1) is 0 Å². The Bertz CT molecular complexity index is 347. The molecule has 1 saturated heterocycles. The zero-order chi connectivity index (χ0) is 14.6. The van der Waals surface area contributed by atoms with E-state index in [2.05, 4.69) is 10.1 Å². The first-order valence-corrected chi connectivity index (χ1v) is 5.95. The van der Waals surface area contributed by atoms with Crippen LogP contribution in [-0.2, 0) is 14.3 Å². The number of halogens is 3. The summed E-state index contributed by atoms with van der Waals surface area (Å²) in [4.78, 5) is 23.6. The SMILES string of the molecule is CC[C@@H](N[C@H]1CC(=O)N(CC(F)(F)F)C1)C(=O)OC. The van der Waals surface area contributed by atoms with E-state index in [9.17, 15) is 22.8 Å². The lowest BCUT2D eigenvalue weighted by atomic mass is 10.1. The highest BCUT2D eigenvalue weighted by Gasteiger charge is 2.39. The molecule has 19 heavy (non-hydrogen) atoms. The number of rotatable bonds is 5. The van der Waals surface area contributed by atoms with E-state index >= 15 is 0 Å². The summed E-state index contributed by atoms with van der Waals surface area (Å²) in [7, 11) is 1.24. The molecule has 8 heteroatoms. The van der Waals surface area contributed by atoms with E-state index in [0.29, 0.717) is 6.42 Å². The molecule has 1 amide bonds. The van der Waals surface area contributed by atoms with Crippen molar-refractivity contribution in [3.8, 4) is 0 Å². The summed E-state index contributed by atoms with van der Waals surface area (Å²) in [6, 6.07) is -1.06. The molecular formula is C11H17F3N2O3. The van der Waals surface area contributed by atoms with Gasteiger partial charge in [0.25, 0.3) is 0 Å². The van der Waals surface area contributed by atoms with Gasteiger partial charge in [-0.1, -0.05) is 6.92 Å². The van der Waals surface area contributed by atoms with Gasteiger partial charge in [0.1, 0.15) is 12.6 Å². The third kappa shape index (κ3) is 4.70. The average molecular weight is 282 g/mol. The lowest BCUT2D eigenvalue weighted by Crippen LogP contribution is -2.45. The van der Waals surface area contributed by atoms with Crippen LogP contribution in [0.1, 0.15) is 19.8 Å². The molecule has 0 aromatic heterocycles. The van der Waals surface area contributed by atoms with Gasteiger partial charge in [0.15, 0.2) is 0 Å². The molecular weight excluding hydrogens is 265 g/mol. The van der Waals surface area contributed by atoms with Gasteiger partial charge in [-0.05, 0) is 6.42 Å². The monoisotopic (exact) mass is 282 g/mol. The lowest BCUT2D eigenvalue weighted by Gasteiger charge is -2.21. The molecule has 0 aliphatic carbocycles. The van der Waals surface area contributed by atoms with Crippen LogP contribution in [0.2, 0.25) is 0 Å². The Balaban J connectivity index is 2.54. The molecule has 5 nitrogen and oxygen atoms in total. The Morgan fingerprint density at radius 2 is 2.21 bits per heavy atom. The molecule has 1 N–H and O–H groups in total. The summed E-state index contributed by atoms with van der Waals surface area (Å²) in [5.74, 6) is -1.04. The minimum atomic E-state index is -4.41. The molecule has 0 saturated carbocycles. The zero-order valence-corrected chi connectivity index (χ0v) is 10.8. The van der Waals surface area contributed by atoms with E-state index in [1.54, 1.807) is 6.92 Å². The molecule has 1 fully saturated rings. The molecule has 110 valence electrons. The Labute approximate surface area is 109 Å². The van der Waals surface area contributed by atoms with Crippen molar-refractivity contribution in [1.82, 2.24) is 10.2 Å². The van der Waals surface area contributed by atoms with E-state index in [1.807, 2.05) is 0 Å². The molecule has 0 radical (unpaired) electrons. The molecule has 0 unspecified atom stereocenters. The summed E-state index contributed by atoms with van der Waals surface area (Å²) in [6.07, 6.45) is -4.00. The third-order valence-corrected chi connectivity index (χ3v) is 2.92. The van der Waals surface area contributed by atoms with Crippen LogP contribution in [0.4, 0.5) is 13.2 Å². The fourth-order valence-electron chi connectivity index (χ4n) is 2.03. The highest BCUT2D eigenvalue weighted by Crippen LogP contribution is 2.21. The minimum Gasteiger partial charge on any atom is -0.468 e. The van der Waals surface area contributed by atoms with Crippen molar-refractivity contribution in [2.24, 2.45) is 0 Å². The second-order valence-corrected chi connectivity index (χ2v) is 4.44. The van der Waals surface area contributed by atoms with E-state index in [1.165, 1.54) is 7.11 Å². The number of amides is 1. The molecule has 0 bridgehead atoms. The summed E-state index contributed by atoms with van der Waals surface area (Å²) in [6.45, 7) is 0.448. The van der Waals surface area contributed by atoms with Crippen molar-refractivity contribution in [3.63, 3.8) is 0 Å². The third-order valence-electron chi connectivity index (χ3n) is 2.92. The number of alkyl halides is 3. The summed E-state index contributed by atoms with van der Waals surface area (Å²) in [5, 5.41) is 2.86. The van der Waals surface area contributed by atoms with Crippen LogP contribution in [0.15, 0.2) is 0 Å². The van der Waals surface area contributed by atoms with E-state index in [0.717, 1.165) is 4.90 Å². The van der Waals surface area contributed by atoms with Crippen molar-refractivity contribution >= 4 is 11.9 Å². The quantitative estimate of drug-likeness (QED) is 0.754. The van der Waals surface area contributed by atoms with Gasteiger partial charge in [0.05, 0.1) is 7.11 Å². The van der Waals surface area contributed by atoms with Crippen molar-refractivity contribution in [3.05, 3.63) is 0 Å². The molecule has 0 aromatic rings. The Kier molecular flexibility index (Phi) is 5.16. The van der Waals surface area contributed by atoms with Crippen LogP contribution >= 0.6 is 0 Å². The number of methoxy groups -OCH3 is 1. The van der Waals surface area contributed by atoms with E-state index < -0.39 is 36.7 Å². The van der Waals surface area contributed by atoms with Gasteiger partial charge in [-0.2, -0.15) is 13.2 Å². The van der Waals surface area contributed by atoms with Gasteiger partial charge >= 0.3 is 12.1 Å². The first kappa shape index (κ1) is 15.7. The molecule has 1 aliphatic heterocycles. The predicted molar refractivity (Wildman–Crippen MR) is 60.3 cm³/mol. The number of hydrogen-bond donors (Lipinski definition) is 1. The number of carbonyl (C=O) groups is 2. The number of nitrogens with one attached hydrogen (secondary N) is 1. The van der Waals surface area contributed by atoms with Crippen molar-refractivity contribution in [1.29, 1.82) is 0 Å². The average Bonchev–Trinajstić information content (AvgIpc) is 2.63. The Morgan fingerprint density at radius 1 is 1.58 bits per heavy atom. The largest absolute Gasteiger partial charge is 0.468 e. The number of nitrogens with zero attached hydrogens (tertiary/aromatic N) is 1. The summed E-state index contributed by atoms with van der Waals surface area (Å²) in [5.41, 5.74) is 0. The fourth-order valence-corrected chi connectivity index (χ4v) is 2.03. The zero-order valence-electron chi connectivity index (χ0n) is 10.8. The number of carbonyl (C=O) groups excluding carboxylic acids is 2. The van der Waals surface area contributed by atoms with Crippen LogP contribution in [-0.4, -0.2) is 55.2 Å². The molecule has 1 rings (SSSR count). The number of likely N-dealkylation sites (tertiary alicyclic amines) is 1. The molecule has 2 atom stereocenters. The highest BCUT2D eigenvalue weighted by molar-refractivity contribution is 5.80. The molecule has 0 spiro atoms. The maximum Gasteiger partial charge on any atom is 0.406 e. The Hall–Kier alpha value is -1.31. The van der Waals surface area contributed by atoms with Crippen molar-refractivity contribution < 1.29 is 27.5 Å². The van der Waals surface area contributed by atoms with Gasteiger partial charge in [0.2, 0.25) is 5.91 Å². The second kappa shape index (κ2) is 6.23. The lowest BCUT2D eigenvalue weighted by molar-refractivity contribution is -0.157. The maximum atomic E-state index is 12.2. The topological polar surface area (TPSA) is 58.6 Å². The maximum absolute atomic E-state index is 12.2. The fraction of sp³-hybridized carbons (Fsp3) is 0.818. The van der Waals surface area contributed by atoms with Gasteiger partial charge in [-0.25, -0.2) is 0 Å². The Morgan fingerprint density at radius 3 is 2.68 bits per heavy atom. The highest BCUT2D eigenvalue weighted by atomic mass is 19.4. The van der Waals surface area contributed by atoms with E-state index in [4.69, 9.17) is 0 Å². The van der Waals surface area contributed by atoms with Gasteiger partial charge in [-0.15, -0.1) is 0 Å². The van der Waals surface area contributed by atoms with Crippen LogP contribution in [0.25, 0.3) is 0 Å². The van der Waals surface area contributed by atoms with Crippen molar-refractivity contribution in [2.45, 2.75) is 38.0 Å². The smallest absolute Gasteiger partial charge is 0.406 e. The van der Waals surface area contributed by atoms with Gasteiger partial charge < -0.3 is 9.64 Å². The predicted octanol–water partition coefficient (Wildman–Crippen LogP) is 0.691. The normalized spacial score (nSPS) is 21.6. The van der Waals surface area contributed by atoms with Crippen LogP contribution < -0.4 is 5.32 Å². The second-order valence-electron chi connectivity index (χ2n) is 4.44. The van der Waals surface area contributed by atoms with Gasteiger partial charge in [0, 0.05) is 19.0 Å². The number of hydrogen-bond acceptors (Lipinski definition) is 4. The summed E-state index contributed by atoms with van der Waals surface area (Å²) >= 11 is 0. The van der Waals surface area contributed by atoms with Crippen LogP contribution in [0.5, 0.6) is 0 Å².